The van der Waals surface area contributed by atoms with E-state index in [1.54, 1.807) is 12.3 Å². The van der Waals surface area contributed by atoms with E-state index in [0.717, 1.165) is 11.8 Å². The molecule has 0 radical (unpaired) electrons. The fourth-order valence-electron chi connectivity index (χ4n) is 2.14. The lowest BCUT2D eigenvalue weighted by Gasteiger charge is -2.12. The summed E-state index contributed by atoms with van der Waals surface area (Å²) in [7, 11) is 0. The summed E-state index contributed by atoms with van der Waals surface area (Å²) < 4.78 is 0. The van der Waals surface area contributed by atoms with Crippen molar-refractivity contribution < 1.29 is 9.59 Å². The van der Waals surface area contributed by atoms with Crippen molar-refractivity contribution in [3.63, 3.8) is 0 Å². The second-order valence-electron chi connectivity index (χ2n) is 5.04. The third kappa shape index (κ3) is 4.02. The number of rotatable bonds is 6. The number of amides is 2. The fourth-order valence-corrected chi connectivity index (χ4v) is 2.14. The van der Waals surface area contributed by atoms with Crippen LogP contribution in [0.25, 0.3) is 10.9 Å². The van der Waals surface area contributed by atoms with Gasteiger partial charge in [0.1, 0.15) is 0 Å². The van der Waals surface area contributed by atoms with Crippen LogP contribution in [0.3, 0.4) is 0 Å². The fraction of sp³-hybridized carbons (Fsp3) is 0.312. The summed E-state index contributed by atoms with van der Waals surface area (Å²) in [5.41, 5.74) is 7.02. The van der Waals surface area contributed by atoms with Crippen molar-refractivity contribution in [1.82, 2.24) is 10.3 Å². The molecule has 0 aliphatic carbocycles. The Hall–Kier alpha value is -2.47. The molecule has 0 saturated heterocycles. The van der Waals surface area contributed by atoms with E-state index in [2.05, 4.69) is 15.6 Å². The van der Waals surface area contributed by atoms with Crippen molar-refractivity contribution in [1.29, 1.82) is 0 Å². The lowest BCUT2D eigenvalue weighted by molar-refractivity contribution is -0.125. The first kappa shape index (κ1) is 15.9. The molecule has 1 atom stereocenters. The second kappa shape index (κ2) is 7.51. The van der Waals surface area contributed by atoms with Gasteiger partial charge in [-0.2, -0.15) is 0 Å². The Morgan fingerprint density at radius 2 is 2.05 bits per heavy atom. The van der Waals surface area contributed by atoms with Gasteiger partial charge in [0.15, 0.2) is 0 Å². The monoisotopic (exact) mass is 300 g/mol. The zero-order valence-corrected chi connectivity index (χ0v) is 12.5. The van der Waals surface area contributed by atoms with Gasteiger partial charge in [-0.3, -0.25) is 14.6 Å². The number of pyridine rings is 1. The van der Waals surface area contributed by atoms with Crippen LogP contribution in [0.15, 0.2) is 36.5 Å². The summed E-state index contributed by atoms with van der Waals surface area (Å²) in [5, 5.41) is 6.23. The van der Waals surface area contributed by atoms with E-state index in [1.165, 1.54) is 0 Å². The van der Waals surface area contributed by atoms with Crippen LogP contribution in [0.5, 0.6) is 0 Å². The van der Waals surface area contributed by atoms with Crippen LogP contribution < -0.4 is 16.4 Å². The van der Waals surface area contributed by atoms with Gasteiger partial charge in [-0.15, -0.1) is 0 Å². The van der Waals surface area contributed by atoms with Crippen LogP contribution >= 0.6 is 0 Å². The van der Waals surface area contributed by atoms with E-state index in [0.29, 0.717) is 17.6 Å². The molecular weight excluding hydrogens is 280 g/mol. The van der Waals surface area contributed by atoms with Crippen molar-refractivity contribution in [2.45, 2.75) is 25.8 Å². The molecule has 0 bridgehead atoms. The number of carbonyl (C=O) groups is 2. The quantitative estimate of drug-likeness (QED) is 0.751. The molecule has 2 amide bonds. The van der Waals surface area contributed by atoms with E-state index in [4.69, 9.17) is 5.73 Å². The van der Waals surface area contributed by atoms with Crippen LogP contribution in [-0.2, 0) is 9.59 Å². The van der Waals surface area contributed by atoms with Gasteiger partial charge in [0.2, 0.25) is 11.8 Å². The van der Waals surface area contributed by atoms with Crippen molar-refractivity contribution in [2.75, 3.05) is 11.9 Å². The maximum Gasteiger partial charge on any atom is 0.243 e. The average Bonchev–Trinajstić information content (AvgIpc) is 2.53. The van der Waals surface area contributed by atoms with E-state index in [-0.39, 0.29) is 18.4 Å². The normalized spacial score (nSPS) is 11.9. The molecule has 2 aromatic rings. The Labute approximate surface area is 129 Å². The number of hydrogen-bond acceptors (Lipinski definition) is 4. The molecule has 0 aliphatic heterocycles. The van der Waals surface area contributed by atoms with Gasteiger partial charge in [-0.25, -0.2) is 0 Å². The minimum atomic E-state index is -0.572. The third-order valence-electron chi connectivity index (χ3n) is 3.27. The number of anilines is 1. The summed E-state index contributed by atoms with van der Waals surface area (Å²) in [5.74, 6) is -0.622. The predicted octanol–water partition coefficient (Wildman–Crippen LogP) is 1.42. The number of aromatic nitrogens is 1. The molecule has 6 nitrogen and oxygen atoms in total. The lowest BCUT2D eigenvalue weighted by Crippen LogP contribution is -2.43. The first-order valence-corrected chi connectivity index (χ1v) is 7.28. The SMILES string of the molecule is CCCC(N)C(=O)NCC(=O)Nc1cccc2cccnc12. The zero-order chi connectivity index (χ0) is 15.9. The molecular formula is C16H20N4O2. The standard InChI is InChI=1S/C16H20N4O2/c1-2-5-12(17)16(22)19-10-14(21)20-13-8-3-6-11-7-4-9-18-15(11)13/h3-4,6-9,12H,2,5,10,17H2,1H3,(H,19,22)(H,20,21). The van der Waals surface area contributed by atoms with Gasteiger partial charge in [0.05, 0.1) is 23.8 Å². The first-order chi connectivity index (χ1) is 10.6. The minimum absolute atomic E-state index is 0.112. The number of nitrogens with two attached hydrogens (primary N) is 1. The maximum absolute atomic E-state index is 11.9. The topological polar surface area (TPSA) is 97.1 Å². The Balaban J connectivity index is 1.95. The van der Waals surface area contributed by atoms with Crippen LogP contribution in [0.2, 0.25) is 0 Å². The molecule has 0 saturated carbocycles. The third-order valence-corrected chi connectivity index (χ3v) is 3.27. The smallest absolute Gasteiger partial charge is 0.243 e. The van der Waals surface area contributed by atoms with Gasteiger partial charge in [-0.05, 0) is 18.6 Å². The molecule has 1 heterocycles. The van der Waals surface area contributed by atoms with Crippen molar-refractivity contribution >= 4 is 28.4 Å². The highest BCUT2D eigenvalue weighted by molar-refractivity contribution is 6.01. The van der Waals surface area contributed by atoms with Gasteiger partial charge in [0.25, 0.3) is 0 Å². The molecule has 2 rings (SSSR count). The minimum Gasteiger partial charge on any atom is -0.346 e. The number of benzene rings is 1. The van der Waals surface area contributed by atoms with Crippen LogP contribution in [0.1, 0.15) is 19.8 Å². The molecule has 1 unspecified atom stereocenters. The number of nitrogens with zero attached hydrogens (tertiary/aromatic N) is 1. The van der Waals surface area contributed by atoms with E-state index in [9.17, 15) is 9.59 Å². The summed E-state index contributed by atoms with van der Waals surface area (Å²) in [4.78, 5) is 27.9. The van der Waals surface area contributed by atoms with Gasteiger partial charge in [0, 0.05) is 11.6 Å². The number of para-hydroxylation sites is 1. The number of hydrogen-bond donors (Lipinski definition) is 3. The largest absolute Gasteiger partial charge is 0.346 e. The second-order valence-corrected chi connectivity index (χ2v) is 5.04. The highest BCUT2D eigenvalue weighted by atomic mass is 16.2. The Morgan fingerprint density at radius 1 is 1.27 bits per heavy atom. The van der Waals surface area contributed by atoms with Gasteiger partial charge >= 0.3 is 0 Å². The highest BCUT2D eigenvalue weighted by Crippen LogP contribution is 2.20. The molecule has 22 heavy (non-hydrogen) atoms. The molecule has 6 heteroatoms. The Kier molecular flexibility index (Phi) is 5.43. The molecule has 116 valence electrons. The summed E-state index contributed by atoms with van der Waals surface area (Å²) in [6, 6.07) is 8.72. The van der Waals surface area contributed by atoms with Crippen molar-refractivity contribution in [3.05, 3.63) is 36.5 Å². The maximum atomic E-state index is 11.9. The molecule has 0 spiro atoms. The highest BCUT2D eigenvalue weighted by Gasteiger charge is 2.13. The molecule has 0 aliphatic rings. The Bertz CT molecular complexity index is 667. The van der Waals surface area contributed by atoms with E-state index >= 15 is 0 Å². The summed E-state index contributed by atoms with van der Waals surface area (Å²) in [6.07, 6.45) is 3.09. The zero-order valence-electron chi connectivity index (χ0n) is 12.5. The number of nitrogens with one attached hydrogen (secondary N) is 2. The van der Waals surface area contributed by atoms with Gasteiger partial charge < -0.3 is 16.4 Å². The predicted molar refractivity (Wildman–Crippen MR) is 86.3 cm³/mol. The van der Waals surface area contributed by atoms with Crippen LogP contribution in [0.4, 0.5) is 5.69 Å². The van der Waals surface area contributed by atoms with Crippen LogP contribution in [-0.4, -0.2) is 29.4 Å². The summed E-state index contributed by atoms with van der Waals surface area (Å²) in [6.45, 7) is 1.84. The molecule has 0 fully saturated rings. The molecule has 1 aromatic carbocycles. The van der Waals surface area contributed by atoms with E-state index in [1.807, 2.05) is 31.2 Å². The van der Waals surface area contributed by atoms with E-state index < -0.39 is 6.04 Å². The van der Waals surface area contributed by atoms with Gasteiger partial charge in [-0.1, -0.05) is 31.5 Å². The first-order valence-electron chi connectivity index (χ1n) is 7.28. The molecule has 1 aromatic heterocycles. The van der Waals surface area contributed by atoms with Crippen molar-refractivity contribution in [2.24, 2.45) is 5.73 Å². The summed E-state index contributed by atoms with van der Waals surface area (Å²) >= 11 is 0. The molecule has 4 N–H and O–H groups in total. The number of carbonyl (C=O) groups excluding carboxylic acids is 2. The lowest BCUT2D eigenvalue weighted by atomic mass is 10.1. The van der Waals surface area contributed by atoms with Crippen LogP contribution in [0, 0.1) is 0 Å². The Morgan fingerprint density at radius 3 is 2.82 bits per heavy atom. The number of fused-ring (bicyclic) bond motifs is 1. The average molecular weight is 300 g/mol. The van der Waals surface area contributed by atoms with Crippen molar-refractivity contribution in [3.8, 4) is 0 Å².